The highest BCUT2D eigenvalue weighted by Gasteiger charge is 2.23. The number of H-pyrrole nitrogens is 1. The van der Waals surface area contributed by atoms with E-state index in [-0.39, 0.29) is 11.9 Å². The highest BCUT2D eigenvalue weighted by Crippen LogP contribution is 2.27. The molecule has 0 radical (unpaired) electrons. The summed E-state index contributed by atoms with van der Waals surface area (Å²) >= 11 is 6.88. The van der Waals surface area contributed by atoms with Crippen LogP contribution in [0.4, 0.5) is 16.2 Å². The third-order valence-corrected chi connectivity index (χ3v) is 6.19. The van der Waals surface area contributed by atoms with E-state index >= 15 is 0 Å². The second kappa shape index (κ2) is 8.80. The van der Waals surface area contributed by atoms with Crippen LogP contribution in [0.3, 0.4) is 0 Å². The van der Waals surface area contributed by atoms with Crippen LogP contribution in [0.2, 0.25) is 0 Å². The molecule has 8 nitrogen and oxygen atoms in total. The standard InChI is InChI=1S/C20H22N6O2S2/c1-13(26-17(23-24-20(26)29)16-9-6-12-30-16)18(27)21-14-7-2-3-8-15(14)22-19(28)25-10-4-5-11-25/h2-3,6-9,12-13H,4-5,10-11H2,1H3,(H,21,27)(H,22,28)(H,24,29). The first kappa shape index (κ1) is 20.3. The number of aromatic amines is 1. The Morgan fingerprint density at radius 3 is 2.50 bits per heavy atom. The average Bonchev–Trinajstić information content (AvgIpc) is 3.50. The van der Waals surface area contributed by atoms with Crippen molar-refractivity contribution in [1.82, 2.24) is 19.7 Å². The van der Waals surface area contributed by atoms with E-state index in [4.69, 9.17) is 12.2 Å². The summed E-state index contributed by atoms with van der Waals surface area (Å²) in [5, 5.41) is 14.8. The van der Waals surface area contributed by atoms with Crippen LogP contribution in [0, 0.1) is 4.77 Å². The summed E-state index contributed by atoms with van der Waals surface area (Å²) in [4.78, 5) is 28.2. The monoisotopic (exact) mass is 442 g/mol. The van der Waals surface area contributed by atoms with Crippen LogP contribution >= 0.6 is 23.6 Å². The van der Waals surface area contributed by atoms with Gasteiger partial charge in [-0.05, 0) is 55.6 Å². The van der Waals surface area contributed by atoms with Crippen molar-refractivity contribution in [3.05, 3.63) is 46.5 Å². The molecule has 1 saturated heterocycles. The molecule has 30 heavy (non-hydrogen) atoms. The van der Waals surface area contributed by atoms with Crippen molar-refractivity contribution in [2.75, 3.05) is 23.7 Å². The Morgan fingerprint density at radius 1 is 1.13 bits per heavy atom. The number of carbonyl (C=O) groups is 2. The molecule has 1 aromatic carbocycles. The molecule has 4 rings (SSSR count). The van der Waals surface area contributed by atoms with Crippen molar-refractivity contribution in [3.8, 4) is 10.7 Å². The number of nitrogens with one attached hydrogen (secondary N) is 3. The number of rotatable bonds is 5. The molecule has 0 aliphatic carbocycles. The van der Waals surface area contributed by atoms with Gasteiger partial charge < -0.3 is 15.5 Å². The molecule has 1 unspecified atom stereocenters. The zero-order valence-electron chi connectivity index (χ0n) is 16.4. The maximum absolute atomic E-state index is 13.0. The number of benzene rings is 1. The maximum atomic E-state index is 13.0. The quantitative estimate of drug-likeness (QED) is 0.507. The summed E-state index contributed by atoms with van der Waals surface area (Å²) in [6.07, 6.45) is 2.03. The van der Waals surface area contributed by atoms with Gasteiger partial charge in [0.05, 0.1) is 16.3 Å². The number of nitrogens with zero attached hydrogens (tertiary/aromatic N) is 3. The molecule has 0 saturated carbocycles. The van der Waals surface area contributed by atoms with E-state index in [2.05, 4.69) is 20.8 Å². The third-order valence-electron chi connectivity index (χ3n) is 5.03. The van der Waals surface area contributed by atoms with E-state index in [0.29, 0.717) is 22.0 Å². The Hall–Kier alpha value is -2.98. The Labute approximate surface area is 182 Å². The molecule has 3 amide bonds. The second-order valence-electron chi connectivity index (χ2n) is 7.03. The fraction of sp³-hybridized carbons (Fsp3) is 0.300. The lowest BCUT2D eigenvalue weighted by molar-refractivity contribution is -0.118. The minimum atomic E-state index is -0.601. The molecule has 1 fully saturated rings. The number of likely N-dealkylation sites (tertiary alicyclic amines) is 1. The van der Waals surface area contributed by atoms with Gasteiger partial charge in [-0.15, -0.1) is 11.3 Å². The molecule has 156 valence electrons. The van der Waals surface area contributed by atoms with Crippen molar-refractivity contribution in [2.45, 2.75) is 25.8 Å². The van der Waals surface area contributed by atoms with Gasteiger partial charge in [0.15, 0.2) is 10.6 Å². The van der Waals surface area contributed by atoms with Gasteiger partial charge in [-0.25, -0.2) is 4.79 Å². The SMILES string of the molecule is CC(C(=O)Nc1ccccc1NC(=O)N1CCCC1)n1c(-c2cccs2)n[nH]c1=S. The Balaban J connectivity index is 1.53. The normalized spacial score (nSPS) is 14.5. The van der Waals surface area contributed by atoms with E-state index in [9.17, 15) is 9.59 Å². The largest absolute Gasteiger partial charge is 0.325 e. The summed E-state index contributed by atoms with van der Waals surface area (Å²) in [5.74, 6) is 0.362. The van der Waals surface area contributed by atoms with Gasteiger partial charge in [-0.1, -0.05) is 18.2 Å². The second-order valence-corrected chi connectivity index (χ2v) is 8.37. The van der Waals surface area contributed by atoms with Crippen LogP contribution in [0.1, 0.15) is 25.8 Å². The highest BCUT2D eigenvalue weighted by atomic mass is 32.1. The lowest BCUT2D eigenvalue weighted by Crippen LogP contribution is -2.32. The first-order chi connectivity index (χ1) is 14.5. The van der Waals surface area contributed by atoms with Crippen molar-refractivity contribution in [2.24, 2.45) is 0 Å². The maximum Gasteiger partial charge on any atom is 0.321 e. The van der Waals surface area contributed by atoms with Gasteiger partial charge in [0, 0.05) is 13.1 Å². The predicted octanol–water partition coefficient (Wildman–Crippen LogP) is 4.50. The van der Waals surface area contributed by atoms with Gasteiger partial charge in [-0.3, -0.25) is 14.5 Å². The van der Waals surface area contributed by atoms with Crippen LogP contribution in [0.5, 0.6) is 0 Å². The Kier molecular flexibility index (Phi) is 5.96. The van der Waals surface area contributed by atoms with Crippen LogP contribution in [-0.4, -0.2) is 44.7 Å². The Morgan fingerprint density at radius 2 is 1.83 bits per heavy atom. The number of hydrogen-bond donors (Lipinski definition) is 3. The lowest BCUT2D eigenvalue weighted by Gasteiger charge is -2.20. The summed E-state index contributed by atoms with van der Waals surface area (Å²) in [7, 11) is 0. The van der Waals surface area contributed by atoms with E-state index in [1.807, 2.05) is 29.6 Å². The average molecular weight is 443 g/mol. The Bertz CT molecular complexity index is 1100. The van der Waals surface area contributed by atoms with E-state index in [1.165, 1.54) is 11.3 Å². The first-order valence-electron chi connectivity index (χ1n) is 9.71. The molecule has 3 heterocycles. The predicted molar refractivity (Wildman–Crippen MR) is 120 cm³/mol. The molecule has 0 spiro atoms. The smallest absolute Gasteiger partial charge is 0.321 e. The minimum Gasteiger partial charge on any atom is -0.325 e. The molecule has 10 heteroatoms. The summed E-state index contributed by atoms with van der Waals surface area (Å²) < 4.78 is 2.07. The molecule has 0 bridgehead atoms. The van der Waals surface area contributed by atoms with Crippen molar-refractivity contribution >= 4 is 46.9 Å². The molecule has 3 aromatic rings. The number of para-hydroxylation sites is 2. The van der Waals surface area contributed by atoms with Crippen LogP contribution in [-0.2, 0) is 4.79 Å². The van der Waals surface area contributed by atoms with Gasteiger partial charge in [-0.2, -0.15) is 5.10 Å². The lowest BCUT2D eigenvalue weighted by atomic mass is 10.2. The van der Waals surface area contributed by atoms with Gasteiger partial charge in [0.1, 0.15) is 6.04 Å². The molecular weight excluding hydrogens is 420 g/mol. The summed E-state index contributed by atoms with van der Waals surface area (Å²) in [6, 6.07) is 10.3. The molecule has 1 aliphatic heterocycles. The van der Waals surface area contributed by atoms with Crippen LogP contribution < -0.4 is 10.6 Å². The number of carbonyl (C=O) groups excluding carboxylic acids is 2. The van der Waals surface area contributed by atoms with Crippen LogP contribution in [0.25, 0.3) is 10.7 Å². The molecule has 3 N–H and O–H groups in total. The molecular formula is C20H22N6O2S2. The number of amides is 3. The van der Waals surface area contributed by atoms with Gasteiger partial charge in [0.2, 0.25) is 5.91 Å². The van der Waals surface area contributed by atoms with Crippen molar-refractivity contribution in [3.63, 3.8) is 0 Å². The first-order valence-corrected chi connectivity index (χ1v) is 11.0. The van der Waals surface area contributed by atoms with Crippen molar-refractivity contribution < 1.29 is 9.59 Å². The number of urea groups is 1. The number of thiophene rings is 1. The van der Waals surface area contributed by atoms with Crippen molar-refractivity contribution in [1.29, 1.82) is 0 Å². The fourth-order valence-corrected chi connectivity index (χ4v) is 4.41. The topological polar surface area (TPSA) is 95.1 Å². The minimum absolute atomic E-state index is 0.153. The van der Waals surface area contributed by atoms with E-state index in [1.54, 1.807) is 28.5 Å². The summed E-state index contributed by atoms with van der Waals surface area (Å²) in [5.41, 5.74) is 1.10. The highest BCUT2D eigenvalue weighted by molar-refractivity contribution is 7.71. The molecule has 2 aromatic heterocycles. The van der Waals surface area contributed by atoms with E-state index < -0.39 is 6.04 Å². The number of aromatic nitrogens is 3. The van der Waals surface area contributed by atoms with Crippen LogP contribution in [0.15, 0.2) is 41.8 Å². The molecule has 1 aliphatic rings. The fourth-order valence-electron chi connectivity index (χ4n) is 3.41. The zero-order valence-corrected chi connectivity index (χ0v) is 18.1. The van der Waals surface area contributed by atoms with Gasteiger partial charge in [0.25, 0.3) is 0 Å². The zero-order chi connectivity index (χ0) is 21.1. The summed E-state index contributed by atoms with van der Waals surface area (Å²) in [6.45, 7) is 3.27. The van der Waals surface area contributed by atoms with E-state index in [0.717, 1.165) is 30.8 Å². The molecule has 1 atom stereocenters. The number of anilines is 2. The van der Waals surface area contributed by atoms with Gasteiger partial charge >= 0.3 is 6.03 Å². The third kappa shape index (κ3) is 4.14. The number of hydrogen-bond acceptors (Lipinski definition) is 5.